The average Bonchev–Trinajstić information content (AvgIpc) is 2.77. The van der Waals surface area contributed by atoms with Crippen molar-refractivity contribution in [2.75, 3.05) is 20.6 Å². The van der Waals surface area contributed by atoms with E-state index in [2.05, 4.69) is 30.9 Å². The highest BCUT2D eigenvalue weighted by Gasteiger charge is 2.22. The minimum absolute atomic E-state index is 0.432. The topological polar surface area (TPSA) is 54.2 Å². The Hall–Kier alpha value is -0.950. The normalized spacial score (nSPS) is 12.9. The summed E-state index contributed by atoms with van der Waals surface area (Å²) in [6, 6.07) is 3.44. The van der Waals surface area contributed by atoms with E-state index >= 15 is 0 Å². The van der Waals surface area contributed by atoms with Crippen LogP contribution in [0, 0.1) is 0 Å². The zero-order valence-electron chi connectivity index (χ0n) is 11.3. The van der Waals surface area contributed by atoms with Crippen LogP contribution in [-0.4, -0.2) is 45.4 Å². The molecule has 20 heavy (non-hydrogen) atoms. The van der Waals surface area contributed by atoms with Crippen molar-refractivity contribution < 1.29 is 5.11 Å². The molecular formula is C13H16BrClN4O. The van der Waals surface area contributed by atoms with Gasteiger partial charge in [-0.15, -0.1) is 0 Å². The van der Waals surface area contributed by atoms with E-state index in [1.165, 1.54) is 0 Å². The van der Waals surface area contributed by atoms with Crippen molar-refractivity contribution in [2.45, 2.75) is 12.6 Å². The Kier molecular flexibility index (Phi) is 5.15. The molecule has 1 unspecified atom stereocenters. The number of pyridine rings is 1. The first-order chi connectivity index (χ1) is 9.50. The molecule has 0 amide bonds. The number of likely N-dealkylation sites (N-methyl/N-ethyl adjacent to an activating group) is 1. The molecule has 0 saturated heterocycles. The van der Waals surface area contributed by atoms with Crippen LogP contribution in [0.3, 0.4) is 0 Å². The summed E-state index contributed by atoms with van der Waals surface area (Å²) >= 11 is 9.51. The van der Waals surface area contributed by atoms with Gasteiger partial charge < -0.3 is 10.0 Å². The number of aromatic nitrogens is 3. The standard InChI is InChI=1S/C13H16BrClN4O/c1-18(2)6-7-19-12(9(14)8-17-19)13(20)11-10(15)4-3-5-16-11/h3-5,8,13,20H,6-7H2,1-2H3. The van der Waals surface area contributed by atoms with Crippen molar-refractivity contribution in [1.82, 2.24) is 19.7 Å². The quantitative estimate of drug-likeness (QED) is 0.890. The first kappa shape index (κ1) is 15.4. The Morgan fingerprint density at radius 1 is 1.50 bits per heavy atom. The van der Waals surface area contributed by atoms with Crippen LogP contribution in [0.15, 0.2) is 29.0 Å². The number of aliphatic hydroxyl groups is 1. The summed E-state index contributed by atoms with van der Waals surface area (Å²) in [5, 5.41) is 15.3. The van der Waals surface area contributed by atoms with Crippen LogP contribution in [0.5, 0.6) is 0 Å². The number of halogens is 2. The molecule has 0 aliphatic heterocycles. The molecule has 0 aliphatic carbocycles. The Balaban J connectivity index is 2.32. The largest absolute Gasteiger partial charge is 0.380 e. The van der Waals surface area contributed by atoms with Crippen molar-refractivity contribution in [1.29, 1.82) is 0 Å². The fourth-order valence-electron chi connectivity index (χ4n) is 1.85. The lowest BCUT2D eigenvalue weighted by Gasteiger charge is -2.16. The molecule has 0 aromatic carbocycles. The molecule has 0 bridgehead atoms. The van der Waals surface area contributed by atoms with Gasteiger partial charge in [-0.05, 0) is 42.2 Å². The number of aliphatic hydroxyl groups excluding tert-OH is 1. The molecule has 5 nitrogen and oxygen atoms in total. The van der Waals surface area contributed by atoms with Gasteiger partial charge >= 0.3 is 0 Å². The van der Waals surface area contributed by atoms with Crippen LogP contribution in [0.1, 0.15) is 17.5 Å². The summed E-state index contributed by atoms with van der Waals surface area (Å²) in [7, 11) is 3.98. The Morgan fingerprint density at radius 3 is 2.90 bits per heavy atom. The maximum Gasteiger partial charge on any atom is 0.140 e. The molecular weight excluding hydrogens is 344 g/mol. The minimum atomic E-state index is -0.914. The van der Waals surface area contributed by atoms with Gasteiger partial charge in [-0.2, -0.15) is 5.10 Å². The summed E-state index contributed by atoms with van der Waals surface area (Å²) < 4.78 is 2.50. The SMILES string of the molecule is CN(C)CCn1ncc(Br)c1C(O)c1ncccc1Cl. The van der Waals surface area contributed by atoms with Crippen molar-refractivity contribution in [3.05, 3.63) is 45.4 Å². The zero-order valence-corrected chi connectivity index (χ0v) is 13.6. The lowest BCUT2D eigenvalue weighted by molar-refractivity contribution is 0.200. The molecule has 1 atom stereocenters. The van der Waals surface area contributed by atoms with Crippen LogP contribution in [-0.2, 0) is 6.54 Å². The summed E-state index contributed by atoms with van der Waals surface area (Å²) in [5.41, 5.74) is 1.09. The van der Waals surface area contributed by atoms with Crippen LogP contribution in [0.25, 0.3) is 0 Å². The van der Waals surface area contributed by atoms with Gasteiger partial charge in [0.2, 0.25) is 0 Å². The van der Waals surface area contributed by atoms with E-state index in [1.807, 2.05) is 14.1 Å². The Morgan fingerprint density at radius 2 is 2.25 bits per heavy atom. The molecule has 0 aliphatic rings. The van der Waals surface area contributed by atoms with Gasteiger partial charge in [0.25, 0.3) is 0 Å². The molecule has 0 spiro atoms. The highest BCUT2D eigenvalue weighted by atomic mass is 79.9. The van der Waals surface area contributed by atoms with E-state index in [9.17, 15) is 5.11 Å². The van der Waals surface area contributed by atoms with Crippen LogP contribution < -0.4 is 0 Å². The van der Waals surface area contributed by atoms with Crippen molar-refractivity contribution in [3.8, 4) is 0 Å². The van der Waals surface area contributed by atoms with Gasteiger partial charge in [-0.25, -0.2) is 0 Å². The lowest BCUT2D eigenvalue weighted by Crippen LogP contribution is -2.21. The smallest absolute Gasteiger partial charge is 0.140 e. The molecule has 2 aromatic rings. The molecule has 2 rings (SSSR count). The maximum atomic E-state index is 10.5. The minimum Gasteiger partial charge on any atom is -0.380 e. The zero-order chi connectivity index (χ0) is 14.7. The second-order valence-electron chi connectivity index (χ2n) is 4.68. The summed E-state index contributed by atoms with van der Waals surface area (Å²) in [6.45, 7) is 1.50. The summed E-state index contributed by atoms with van der Waals surface area (Å²) in [5.74, 6) is 0. The molecule has 2 aromatic heterocycles. The lowest BCUT2D eigenvalue weighted by atomic mass is 10.1. The number of hydrogen-bond donors (Lipinski definition) is 1. The van der Waals surface area contributed by atoms with Gasteiger partial charge in [0.15, 0.2) is 0 Å². The van der Waals surface area contributed by atoms with Crippen LogP contribution in [0.2, 0.25) is 5.02 Å². The third kappa shape index (κ3) is 3.38. The highest BCUT2D eigenvalue weighted by Crippen LogP contribution is 2.30. The first-order valence-corrected chi connectivity index (χ1v) is 7.32. The molecule has 1 N–H and O–H groups in total. The predicted octanol–water partition coefficient (Wildman–Crippen LogP) is 2.34. The predicted molar refractivity (Wildman–Crippen MR) is 81.8 cm³/mol. The molecule has 0 radical (unpaired) electrons. The molecule has 2 heterocycles. The third-order valence-electron chi connectivity index (χ3n) is 2.90. The maximum absolute atomic E-state index is 10.5. The van der Waals surface area contributed by atoms with E-state index in [4.69, 9.17) is 11.6 Å². The van der Waals surface area contributed by atoms with Gasteiger partial charge in [-0.3, -0.25) is 9.67 Å². The van der Waals surface area contributed by atoms with Crippen LogP contribution >= 0.6 is 27.5 Å². The first-order valence-electron chi connectivity index (χ1n) is 6.15. The van der Waals surface area contributed by atoms with E-state index in [1.54, 1.807) is 29.2 Å². The molecule has 108 valence electrons. The molecule has 0 fully saturated rings. The van der Waals surface area contributed by atoms with E-state index in [0.717, 1.165) is 11.0 Å². The Bertz CT molecular complexity index is 588. The number of hydrogen-bond acceptors (Lipinski definition) is 4. The monoisotopic (exact) mass is 358 g/mol. The summed E-state index contributed by atoms with van der Waals surface area (Å²) in [6.07, 6.45) is 2.37. The van der Waals surface area contributed by atoms with Crippen molar-refractivity contribution >= 4 is 27.5 Å². The number of rotatable bonds is 5. The van der Waals surface area contributed by atoms with Gasteiger partial charge in [0.1, 0.15) is 6.10 Å². The van der Waals surface area contributed by atoms with E-state index < -0.39 is 6.10 Å². The van der Waals surface area contributed by atoms with Crippen molar-refractivity contribution in [3.63, 3.8) is 0 Å². The molecule has 7 heteroatoms. The molecule has 0 saturated carbocycles. The van der Waals surface area contributed by atoms with E-state index in [0.29, 0.717) is 23.0 Å². The second-order valence-corrected chi connectivity index (χ2v) is 5.94. The second kappa shape index (κ2) is 6.67. The highest BCUT2D eigenvalue weighted by molar-refractivity contribution is 9.10. The third-order valence-corrected chi connectivity index (χ3v) is 3.83. The van der Waals surface area contributed by atoms with Gasteiger partial charge in [0.05, 0.1) is 33.6 Å². The van der Waals surface area contributed by atoms with Gasteiger partial charge in [0, 0.05) is 12.7 Å². The van der Waals surface area contributed by atoms with Crippen molar-refractivity contribution in [2.24, 2.45) is 0 Å². The number of nitrogens with zero attached hydrogens (tertiary/aromatic N) is 4. The van der Waals surface area contributed by atoms with Gasteiger partial charge in [-0.1, -0.05) is 11.6 Å². The van der Waals surface area contributed by atoms with Crippen LogP contribution in [0.4, 0.5) is 0 Å². The fraction of sp³-hybridized carbons (Fsp3) is 0.385. The average molecular weight is 360 g/mol. The fourth-order valence-corrected chi connectivity index (χ4v) is 2.58. The van der Waals surface area contributed by atoms with E-state index in [-0.39, 0.29) is 0 Å². The summed E-state index contributed by atoms with van der Waals surface area (Å²) in [4.78, 5) is 6.21. The Labute approximate surface area is 131 Å².